The van der Waals surface area contributed by atoms with Crippen molar-refractivity contribution in [1.82, 2.24) is 9.55 Å². The van der Waals surface area contributed by atoms with Gasteiger partial charge in [0.2, 0.25) is 0 Å². The van der Waals surface area contributed by atoms with Gasteiger partial charge in [-0.15, -0.1) is 0 Å². The van der Waals surface area contributed by atoms with Crippen LogP contribution < -0.4 is 4.74 Å². The summed E-state index contributed by atoms with van der Waals surface area (Å²) in [5, 5.41) is 3.75. The Labute approximate surface area is 295 Å². The lowest BCUT2D eigenvalue weighted by molar-refractivity contribution is 0.275. The van der Waals surface area contributed by atoms with E-state index in [9.17, 15) is 0 Å². The number of aromatic amines is 1. The lowest BCUT2D eigenvalue weighted by Gasteiger charge is -2.17. The standard InChI is InChI=1S/C48H32N2O/c1-3-9-30(10-4-1)32-15-20-36(21-16-32)50-45-23-18-33(31-11-5-2-6-12-31)26-40(45)41-27-35(19-24-46(41)50)34-17-22-43-38(25-34)39-28-42-37-13-7-8-14-47(37)51-48(42)29-44(39)49-43/h1-28,48-49H,29H2. The first-order chi connectivity index (χ1) is 25.2. The Hall–Kier alpha value is -6.58. The molecule has 0 saturated heterocycles. The molecule has 3 nitrogen and oxygen atoms in total. The molecule has 2 aromatic heterocycles. The van der Waals surface area contributed by atoms with Crippen LogP contribution in [0.1, 0.15) is 16.8 Å². The third-order valence-corrected chi connectivity index (χ3v) is 10.9. The van der Waals surface area contributed by atoms with Gasteiger partial charge < -0.3 is 14.3 Å². The molecular formula is C48H32N2O. The van der Waals surface area contributed by atoms with Crippen LogP contribution in [-0.4, -0.2) is 15.7 Å². The van der Waals surface area contributed by atoms with E-state index in [0.717, 1.165) is 23.4 Å². The monoisotopic (exact) mass is 652 g/mol. The predicted octanol–water partition coefficient (Wildman–Crippen LogP) is 12.1. The van der Waals surface area contributed by atoms with E-state index in [1.165, 1.54) is 83.0 Å². The summed E-state index contributed by atoms with van der Waals surface area (Å²) in [5.74, 6) is 0.985. The van der Waals surface area contributed by atoms with E-state index in [4.69, 9.17) is 4.74 Å². The Kier molecular flexibility index (Phi) is 6.08. The predicted molar refractivity (Wildman–Crippen MR) is 211 cm³/mol. The van der Waals surface area contributed by atoms with Crippen molar-refractivity contribution < 1.29 is 4.74 Å². The maximum absolute atomic E-state index is 6.34. The largest absolute Gasteiger partial charge is 0.485 e. The van der Waals surface area contributed by atoms with Gasteiger partial charge in [-0.2, -0.15) is 0 Å². The summed E-state index contributed by atoms with van der Waals surface area (Å²) in [6, 6.07) is 59.3. The van der Waals surface area contributed by atoms with Crippen LogP contribution in [0.3, 0.4) is 0 Å². The summed E-state index contributed by atoms with van der Waals surface area (Å²) in [7, 11) is 0. The summed E-state index contributed by atoms with van der Waals surface area (Å²) in [5.41, 5.74) is 17.0. The zero-order chi connectivity index (χ0) is 33.5. The second-order valence-corrected chi connectivity index (χ2v) is 13.8. The van der Waals surface area contributed by atoms with Gasteiger partial charge in [0.05, 0.1) is 11.0 Å². The fourth-order valence-electron chi connectivity index (χ4n) is 8.36. The molecule has 2 aliphatic rings. The molecule has 9 aromatic rings. The number of nitrogens with one attached hydrogen (secondary N) is 1. The second-order valence-electron chi connectivity index (χ2n) is 13.8. The molecule has 51 heavy (non-hydrogen) atoms. The molecule has 7 aromatic carbocycles. The van der Waals surface area contributed by atoms with Crippen LogP contribution >= 0.6 is 0 Å². The van der Waals surface area contributed by atoms with E-state index < -0.39 is 0 Å². The second kappa shape index (κ2) is 11.0. The average molecular weight is 653 g/mol. The van der Waals surface area contributed by atoms with E-state index >= 15 is 0 Å². The van der Waals surface area contributed by atoms with E-state index in [1.807, 2.05) is 0 Å². The summed E-state index contributed by atoms with van der Waals surface area (Å²) >= 11 is 0. The molecule has 1 unspecified atom stereocenters. The topological polar surface area (TPSA) is 29.9 Å². The van der Waals surface area contributed by atoms with Crippen LogP contribution in [0.4, 0.5) is 0 Å². The fraction of sp³-hybridized carbons (Fsp3) is 0.0417. The number of aromatic nitrogens is 2. The molecule has 0 fully saturated rings. The summed E-state index contributed by atoms with van der Waals surface area (Å²) < 4.78 is 8.75. The smallest absolute Gasteiger partial charge is 0.130 e. The number of hydrogen-bond donors (Lipinski definition) is 1. The van der Waals surface area contributed by atoms with Gasteiger partial charge >= 0.3 is 0 Å². The molecule has 3 heteroatoms. The van der Waals surface area contributed by atoms with Crippen LogP contribution in [0, 0.1) is 0 Å². The lowest BCUT2D eigenvalue weighted by Crippen LogP contribution is -2.19. The molecule has 0 amide bonds. The first-order valence-corrected chi connectivity index (χ1v) is 17.7. The Balaban J connectivity index is 1.07. The third-order valence-electron chi connectivity index (χ3n) is 10.9. The van der Waals surface area contributed by atoms with Crippen LogP contribution in [0.5, 0.6) is 5.75 Å². The van der Waals surface area contributed by atoms with Gasteiger partial charge in [-0.25, -0.2) is 0 Å². The third kappa shape index (κ3) is 4.45. The quantitative estimate of drug-likeness (QED) is 0.201. The van der Waals surface area contributed by atoms with Gasteiger partial charge in [-0.1, -0.05) is 109 Å². The number of benzene rings is 7. The molecule has 1 aliphatic carbocycles. The first-order valence-electron chi connectivity index (χ1n) is 17.7. The number of ether oxygens (including phenoxy) is 1. The Morgan fingerprint density at radius 2 is 1.06 bits per heavy atom. The normalized spacial score (nSPS) is 14.7. The molecule has 1 aliphatic heterocycles. The van der Waals surface area contributed by atoms with Crippen LogP contribution in [0.25, 0.3) is 83.4 Å². The number of hydrogen-bond acceptors (Lipinski definition) is 1. The van der Waals surface area contributed by atoms with Crippen molar-refractivity contribution in [2.45, 2.75) is 12.5 Å². The molecular weight excluding hydrogens is 621 g/mol. The maximum atomic E-state index is 6.34. The van der Waals surface area contributed by atoms with Gasteiger partial charge in [0.15, 0.2) is 0 Å². The molecule has 1 atom stereocenters. The highest BCUT2D eigenvalue weighted by molar-refractivity contribution is 6.12. The Morgan fingerprint density at radius 3 is 1.76 bits per heavy atom. The highest BCUT2D eigenvalue weighted by Crippen LogP contribution is 2.45. The lowest BCUT2D eigenvalue weighted by atomic mass is 9.90. The number of H-pyrrole nitrogens is 1. The highest BCUT2D eigenvalue weighted by atomic mass is 16.5. The molecule has 0 radical (unpaired) electrons. The van der Waals surface area contributed by atoms with E-state index in [2.05, 4.69) is 179 Å². The van der Waals surface area contributed by atoms with Crippen LogP contribution in [0.15, 0.2) is 164 Å². The highest BCUT2D eigenvalue weighted by Gasteiger charge is 2.33. The van der Waals surface area contributed by atoms with Gasteiger partial charge in [0.25, 0.3) is 0 Å². The van der Waals surface area contributed by atoms with Gasteiger partial charge in [-0.05, 0) is 94.1 Å². The fourth-order valence-corrected chi connectivity index (χ4v) is 8.36. The molecule has 0 spiro atoms. The molecule has 3 heterocycles. The number of rotatable bonds is 4. The minimum Gasteiger partial charge on any atom is -0.485 e. The van der Waals surface area contributed by atoms with E-state index in [-0.39, 0.29) is 6.10 Å². The van der Waals surface area contributed by atoms with Crippen molar-refractivity contribution in [3.05, 3.63) is 181 Å². The Bertz CT molecular complexity index is 2840. The van der Waals surface area contributed by atoms with Crippen molar-refractivity contribution in [3.63, 3.8) is 0 Å². The molecule has 240 valence electrons. The van der Waals surface area contributed by atoms with E-state index in [0.29, 0.717) is 0 Å². The van der Waals surface area contributed by atoms with Crippen molar-refractivity contribution in [2.24, 2.45) is 0 Å². The summed E-state index contributed by atoms with van der Waals surface area (Å²) in [6.45, 7) is 0. The van der Waals surface area contributed by atoms with Crippen LogP contribution in [-0.2, 0) is 6.42 Å². The number of para-hydroxylation sites is 1. The zero-order valence-electron chi connectivity index (χ0n) is 27.8. The first kappa shape index (κ1) is 28.3. The minimum atomic E-state index is 0.0671. The Morgan fingerprint density at radius 1 is 0.510 bits per heavy atom. The summed E-state index contributed by atoms with van der Waals surface area (Å²) in [4.78, 5) is 3.72. The van der Waals surface area contributed by atoms with Gasteiger partial charge in [0.1, 0.15) is 11.9 Å². The SMILES string of the molecule is C1=C2c3ccccc3OC2Cc2[nH]c3ccc(-c4ccc5c(c4)c4cc(-c6ccccc6)ccc4n5-c4ccc(-c5ccccc5)cc4)cc3c21. The van der Waals surface area contributed by atoms with Gasteiger partial charge in [-0.3, -0.25) is 0 Å². The van der Waals surface area contributed by atoms with Crippen molar-refractivity contribution in [2.75, 3.05) is 0 Å². The number of fused-ring (bicyclic) bond motifs is 9. The van der Waals surface area contributed by atoms with E-state index in [1.54, 1.807) is 0 Å². The number of nitrogens with zero attached hydrogens (tertiary/aromatic N) is 1. The zero-order valence-corrected chi connectivity index (χ0v) is 27.8. The maximum Gasteiger partial charge on any atom is 0.130 e. The molecule has 1 N–H and O–H groups in total. The minimum absolute atomic E-state index is 0.0671. The molecule has 0 bridgehead atoms. The van der Waals surface area contributed by atoms with Crippen molar-refractivity contribution in [1.29, 1.82) is 0 Å². The molecule has 0 saturated carbocycles. The van der Waals surface area contributed by atoms with Crippen molar-refractivity contribution in [3.8, 4) is 44.8 Å². The molecule has 11 rings (SSSR count). The average Bonchev–Trinajstić information content (AvgIpc) is 3.85. The van der Waals surface area contributed by atoms with Crippen molar-refractivity contribution >= 4 is 44.4 Å². The van der Waals surface area contributed by atoms with Crippen LogP contribution in [0.2, 0.25) is 0 Å². The van der Waals surface area contributed by atoms with Gasteiger partial charge in [0, 0.05) is 56.2 Å². The summed E-state index contributed by atoms with van der Waals surface area (Å²) in [6.07, 6.45) is 3.27.